The van der Waals surface area contributed by atoms with Crippen molar-refractivity contribution in [3.05, 3.63) is 23.7 Å². The van der Waals surface area contributed by atoms with Crippen molar-refractivity contribution in [2.45, 2.75) is 12.0 Å². The Balaban J connectivity index is 3.20. The predicted octanol–water partition coefficient (Wildman–Crippen LogP) is 0.474. The van der Waals surface area contributed by atoms with Crippen molar-refractivity contribution in [1.82, 2.24) is 0 Å². The summed E-state index contributed by atoms with van der Waals surface area (Å²) in [5, 5.41) is 34.3. The van der Waals surface area contributed by atoms with Crippen LogP contribution in [0.15, 0.2) is 23.7 Å². The number of carboxylic acid groups (broad SMARTS) is 1. The molecular formula is C10H5N3O5. The number of allylic oxidation sites excluding steroid dienone is 1. The minimum atomic E-state index is -2.05. The van der Waals surface area contributed by atoms with E-state index in [1.54, 1.807) is 0 Å². The first-order valence-electron chi connectivity index (χ1n) is 4.44. The molecule has 8 heteroatoms. The summed E-state index contributed by atoms with van der Waals surface area (Å²) in [6.45, 7) is 0. The van der Waals surface area contributed by atoms with Gasteiger partial charge in [0.05, 0.1) is 6.42 Å². The van der Waals surface area contributed by atoms with E-state index < -0.39 is 11.6 Å². The van der Waals surface area contributed by atoms with Gasteiger partial charge in [-0.2, -0.15) is 5.26 Å². The van der Waals surface area contributed by atoms with E-state index in [1.165, 1.54) is 18.8 Å². The van der Waals surface area contributed by atoms with E-state index in [1.807, 2.05) is 0 Å². The van der Waals surface area contributed by atoms with Crippen LogP contribution in [0.2, 0.25) is 0 Å². The van der Waals surface area contributed by atoms with Crippen LogP contribution in [0.3, 0.4) is 0 Å². The summed E-state index contributed by atoms with van der Waals surface area (Å²) in [5.41, 5.74) is -2.05. The second-order valence-corrected chi connectivity index (χ2v) is 3.11. The Morgan fingerprint density at radius 1 is 1.28 bits per heavy atom. The van der Waals surface area contributed by atoms with Gasteiger partial charge < -0.3 is 19.3 Å². The van der Waals surface area contributed by atoms with E-state index in [0.29, 0.717) is 0 Å². The molecule has 8 nitrogen and oxygen atoms in total. The molecule has 0 spiro atoms. The monoisotopic (exact) mass is 247 g/mol. The summed E-state index contributed by atoms with van der Waals surface area (Å²) in [6, 6.07) is 0. The van der Waals surface area contributed by atoms with Crippen LogP contribution in [0.4, 0.5) is 0 Å². The fourth-order valence-electron chi connectivity index (χ4n) is 1.35. The van der Waals surface area contributed by atoms with Gasteiger partial charge in [-0.1, -0.05) is 0 Å². The molecule has 1 rings (SSSR count). The molecule has 18 heavy (non-hydrogen) atoms. The number of aliphatic carboxylic acids is 1. The number of rotatable bonds is 4. The molecule has 1 N–H and O–H groups in total. The molecule has 0 fully saturated rings. The third-order valence-electron chi connectivity index (χ3n) is 2.05. The Bertz CT molecular complexity index is 545. The van der Waals surface area contributed by atoms with Crippen LogP contribution in [0, 0.1) is 34.6 Å². The Morgan fingerprint density at radius 2 is 1.94 bits per heavy atom. The van der Waals surface area contributed by atoms with Crippen molar-refractivity contribution in [3.63, 3.8) is 0 Å². The van der Waals surface area contributed by atoms with E-state index in [4.69, 9.17) is 20.9 Å². The molecule has 0 heterocycles. The highest BCUT2D eigenvalue weighted by molar-refractivity contribution is 5.81. The Labute approximate surface area is 101 Å². The van der Waals surface area contributed by atoms with E-state index in [0.717, 1.165) is 12.2 Å². The van der Waals surface area contributed by atoms with Crippen LogP contribution in [0.25, 0.3) is 0 Å². The SMILES string of the molecule is N#COC1=CC(OC#N)(C(=O)O)CC(OC#N)=C1. The number of nitrogens with zero attached hydrogens (tertiary/aromatic N) is 3. The highest BCUT2D eigenvalue weighted by Gasteiger charge is 2.44. The van der Waals surface area contributed by atoms with Gasteiger partial charge in [-0.3, -0.25) is 0 Å². The van der Waals surface area contributed by atoms with Gasteiger partial charge in [0, 0.05) is 12.2 Å². The molecule has 0 radical (unpaired) electrons. The summed E-state index contributed by atoms with van der Waals surface area (Å²) in [7, 11) is 0. The van der Waals surface area contributed by atoms with Crippen LogP contribution in [-0.2, 0) is 19.0 Å². The van der Waals surface area contributed by atoms with Crippen molar-refractivity contribution in [1.29, 1.82) is 15.8 Å². The zero-order valence-corrected chi connectivity index (χ0v) is 8.78. The van der Waals surface area contributed by atoms with Crippen molar-refractivity contribution in [3.8, 4) is 18.8 Å². The lowest BCUT2D eigenvalue weighted by atomic mass is 9.93. The average molecular weight is 247 g/mol. The third kappa shape index (κ3) is 2.49. The summed E-state index contributed by atoms with van der Waals surface area (Å²) < 4.78 is 13.4. The summed E-state index contributed by atoms with van der Waals surface area (Å²) >= 11 is 0. The van der Waals surface area contributed by atoms with E-state index in [9.17, 15) is 4.79 Å². The average Bonchev–Trinajstić information content (AvgIpc) is 2.29. The highest BCUT2D eigenvalue weighted by Crippen LogP contribution is 2.31. The number of hydrogen-bond donors (Lipinski definition) is 1. The molecule has 1 atom stereocenters. The topological polar surface area (TPSA) is 136 Å². The van der Waals surface area contributed by atoms with Crippen molar-refractivity contribution in [2.75, 3.05) is 0 Å². The number of carboxylic acids is 1. The zero-order chi connectivity index (χ0) is 13.6. The van der Waals surface area contributed by atoms with Crippen LogP contribution in [0.1, 0.15) is 6.42 Å². The van der Waals surface area contributed by atoms with Crippen LogP contribution >= 0.6 is 0 Å². The number of nitriles is 3. The van der Waals surface area contributed by atoms with Crippen molar-refractivity contribution < 1.29 is 24.1 Å². The van der Waals surface area contributed by atoms with E-state index >= 15 is 0 Å². The largest absolute Gasteiger partial charge is 0.478 e. The molecule has 0 saturated heterocycles. The van der Waals surface area contributed by atoms with Gasteiger partial charge in [-0.05, 0) is 0 Å². The van der Waals surface area contributed by atoms with Crippen LogP contribution in [0.5, 0.6) is 0 Å². The quantitative estimate of drug-likeness (QED) is 0.708. The summed E-state index contributed by atoms with van der Waals surface area (Å²) in [5.74, 6) is -1.76. The first-order chi connectivity index (χ1) is 8.57. The second kappa shape index (κ2) is 5.24. The fourth-order valence-corrected chi connectivity index (χ4v) is 1.35. The summed E-state index contributed by atoms with van der Waals surface area (Å²) in [6.07, 6.45) is 5.68. The molecule has 0 aromatic rings. The maximum absolute atomic E-state index is 11.1. The molecule has 1 unspecified atom stereocenters. The third-order valence-corrected chi connectivity index (χ3v) is 2.05. The molecule has 0 bridgehead atoms. The molecule has 0 aliphatic heterocycles. The molecule has 1 aliphatic carbocycles. The molecule has 0 aromatic heterocycles. The lowest BCUT2D eigenvalue weighted by Gasteiger charge is -2.25. The van der Waals surface area contributed by atoms with Crippen LogP contribution < -0.4 is 0 Å². The lowest BCUT2D eigenvalue weighted by Crippen LogP contribution is -2.40. The second-order valence-electron chi connectivity index (χ2n) is 3.11. The van der Waals surface area contributed by atoms with Crippen LogP contribution in [-0.4, -0.2) is 16.7 Å². The van der Waals surface area contributed by atoms with Gasteiger partial charge >= 0.3 is 5.97 Å². The van der Waals surface area contributed by atoms with E-state index in [-0.39, 0.29) is 17.9 Å². The molecule has 0 amide bonds. The maximum Gasteiger partial charge on any atom is 0.354 e. The molecule has 0 saturated carbocycles. The maximum atomic E-state index is 11.1. The first kappa shape index (κ1) is 12.9. The minimum absolute atomic E-state index is 0.0945. The highest BCUT2D eigenvalue weighted by atomic mass is 16.5. The smallest absolute Gasteiger partial charge is 0.354 e. The normalized spacial score (nSPS) is 21.2. The van der Waals surface area contributed by atoms with Gasteiger partial charge in [0.25, 0.3) is 18.8 Å². The van der Waals surface area contributed by atoms with Gasteiger partial charge in [0.2, 0.25) is 5.60 Å². The standard InChI is InChI=1S/C10H5N3O5/c11-4-16-7-1-8(17-5-12)3-10(2-7,9(14)15)18-6-13/h1-2H,3H2,(H,14,15). The minimum Gasteiger partial charge on any atom is -0.478 e. The molecule has 90 valence electrons. The number of carbonyl (C=O) groups is 1. The van der Waals surface area contributed by atoms with Gasteiger partial charge in [-0.15, -0.1) is 10.5 Å². The fraction of sp³-hybridized carbons (Fsp3) is 0.200. The number of hydrogen-bond acceptors (Lipinski definition) is 7. The Kier molecular flexibility index (Phi) is 3.75. The van der Waals surface area contributed by atoms with Gasteiger partial charge in [0.1, 0.15) is 11.5 Å². The molecule has 1 aliphatic rings. The number of ether oxygens (including phenoxy) is 3. The van der Waals surface area contributed by atoms with E-state index in [2.05, 4.69) is 14.2 Å². The molecule has 0 aromatic carbocycles. The van der Waals surface area contributed by atoms with Gasteiger partial charge in [-0.25, -0.2) is 4.79 Å². The first-order valence-corrected chi connectivity index (χ1v) is 4.44. The predicted molar refractivity (Wildman–Crippen MR) is 51.2 cm³/mol. The van der Waals surface area contributed by atoms with Crippen molar-refractivity contribution in [2.24, 2.45) is 0 Å². The van der Waals surface area contributed by atoms with Crippen molar-refractivity contribution >= 4 is 5.97 Å². The Morgan fingerprint density at radius 3 is 2.44 bits per heavy atom. The Hall–Kier alpha value is -3.18. The summed E-state index contributed by atoms with van der Waals surface area (Å²) in [4.78, 5) is 11.1. The zero-order valence-electron chi connectivity index (χ0n) is 8.78. The molecular weight excluding hydrogens is 242 g/mol. The lowest BCUT2D eigenvalue weighted by molar-refractivity contribution is -0.154. The van der Waals surface area contributed by atoms with Gasteiger partial charge in [0.15, 0.2) is 0 Å².